The van der Waals surface area contributed by atoms with Crippen molar-refractivity contribution in [1.82, 2.24) is 21.3 Å². The second-order valence-electron chi connectivity index (χ2n) is 10.6. The maximum Gasteiger partial charge on any atom is 0.305 e. The predicted molar refractivity (Wildman–Crippen MR) is 148 cm³/mol. The van der Waals surface area contributed by atoms with Crippen molar-refractivity contribution in [2.24, 2.45) is 23.3 Å². The Balaban J connectivity index is 4.19. The molecule has 0 bridgehead atoms. The first-order valence-electron chi connectivity index (χ1n) is 13.8. The van der Waals surface area contributed by atoms with E-state index in [2.05, 4.69) is 21.3 Å². The van der Waals surface area contributed by atoms with Crippen LogP contribution in [0.15, 0.2) is 0 Å². The Morgan fingerprint density at radius 3 is 1.12 bits per heavy atom. The van der Waals surface area contributed by atoms with E-state index in [-0.39, 0.29) is 23.7 Å². The molecule has 0 saturated heterocycles. The number of unbranched alkanes of at least 4 members (excludes halogenated alkanes) is 5. The van der Waals surface area contributed by atoms with Gasteiger partial charge in [-0.3, -0.25) is 28.8 Å². The Labute approximate surface area is 235 Å². The van der Waals surface area contributed by atoms with Crippen LogP contribution in [0.5, 0.6) is 0 Å². The highest BCUT2D eigenvalue weighted by molar-refractivity contribution is 5.92. The maximum atomic E-state index is 12.5. The number of nitrogens with two attached hydrogens (primary N) is 2. The number of carbonyl (C=O) groups excluding carboxylic acids is 4. The van der Waals surface area contributed by atoms with Crippen LogP contribution in [0, 0.1) is 11.8 Å². The van der Waals surface area contributed by atoms with E-state index < -0.39 is 60.8 Å². The summed E-state index contributed by atoms with van der Waals surface area (Å²) in [6.07, 6.45) is 4.09. The van der Waals surface area contributed by atoms with Crippen molar-refractivity contribution >= 4 is 35.6 Å². The summed E-state index contributed by atoms with van der Waals surface area (Å²) in [5.74, 6) is -4.86. The van der Waals surface area contributed by atoms with Crippen LogP contribution in [-0.2, 0) is 28.8 Å². The predicted octanol–water partition coefficient (Wildman–Crippen LogP) is -0.555. The molecule has 40 heavy (non-hydrogen) atoms. The molecular weight excluding hydrogens is 524 g/mol. The zero-order valence-corrected chi connectivity index (χ0v) is 24.0. The van der Waals surface area contributed by atoms with Gasteiger partial charge >= 0.3 is 11.9 Å². The summed E-state index contributed by atoms with van der Waals surface area (Å²) in [6.45, 7) is 7.96. The lowest BCUT2D eigenvalue weighted by molar-refractivity contribution is -0.140. The molecule has 0 fully saturated rings. The van der Waals surface area contributed by atoms with E-state index in [1.54, 1.807) is 27.7 Å². The molecule has 0 spiro atoms. The van der Waals surface area contributed by atoms with Gasteiger partial charge in [0.2, 0.25) is 23.6 Å². The number of carboxylic acids is 2. The third-order valence-electron chi connectivity index (χ3n) is 6.16. The lowest BCUT2D eigenvalue weighted by Crippen LogP contribution is -2.54. The molecule has 0 saturated carbocycles. The van der Waals surface area contributed by atoms with Gasteiger partial charge in [0, 0.05) is 13.1 Å². The maximum absolute atomic E-state index is 12.5. The van der Waals surface area contributed by atoms with Crippen LogP contribution < -0.4 is 32.7 Å². The quantitative estimate of drug-likeness (QED) is 0.0815. The third-order valence-corrected chi connectivity index (χ3v) is 6.16. The zero-order chi connectivity index (χ0) is 30.8. The topological polar surface area (TPSA) is 243 Å². The lowest BCUT2D eigenvalue weighted by Gasteiger charge is -2.23. The standard InChI is InChI=1S/C26H48N6O8/c1-15(2)21(31-23(37)17(27)13-19(33)34)25(39)29-11-9-7-5-6-8-10-12-30-26(40)22(16(3)4)32-24(38)18(28)14-20(35)36/h15-18,21-22H,5-14,27-28H2,1-4H3,(H,29,39)(H,30,40)(H,31,37)(H,32,38)(H,33,34)(H,35,36)/t17-,18-,21-,22-/m0/s1. The van der Waals surface area contributed by atoms with Crippen LogP contribution in [0.4, 0.5) is 0 Å². The number of nitrogens with one attached hydrogen (secondary N) is 4. The monoisotopic (exact) mass is 572 g/mol. The molecule has 0 aliphatic rings. The summed E-state index contributed by atoms with van der Waals surface area (Å²) >= 11 is 0. The van der Waals surface area contributed by atoms with Crippen molar-refractivity contribution < 1.29 is 39.0 Å². The number of amides is 4. The van der Waals surface area contributed by atoms with Crippen LogP contribution in [-0.4, -0.2) is 83.0 Å². The SMILES string of the molecule is CC(C)[C@H](NC(=O)[C@@H](N)CC(=O)O)C(=O)NCCCCCCCCNC(=O)[C@@H](NC(=O)[C@@H](N)CC(=O)O)C(C)C. The summed E-state index contributed by atoms with van der Waals surface area (Å²) in [6, 6.07) is -4.08. The Hall–Kier alpha value is -3.26. The van der Waals surface area contributed by atoms with E-state index >= 15 is 0 Å². The fraction of sp³-hybridized carbons (Fsp3) is 0.769. The van der Waals surface area contributed by atoms with Gasteiger partial charge in [0.05, 0.1) is 24.9 Å². The first kappa shape index (κ1) is 36.7. The Morgan fingerprint density at radius 1 is 0.550 bits per heavy atom. The highest BCUT2D eigenvalue weighted by Gasteiger charge is 2.28. The normalized spacial score (nSPS) is 14.1. The van der Waals surface area contributed by atoms with Crippen molar-refractivity contribution in [3.8, 4) is 0 Å². The van der Waals surface area contributed by atoms with E-state index in [0.29, 0.717) is 13.1 Å². The average molecular weight is 573 g/mol. The number of aliphatic carboxylic acids is 2. The van der Waals surface area contributed by atoms with Gasteiger partial charge in [-0.1, -0.05) is 53.4 Å². The number of hydrogen-bond donors (Lipinski definition) is 8. The molecule has 0 unspecified atom stereocenters. The summed E-state index contributed by atoms with van der Waals surface area (Å²) in [5, 5.41) is 28.2. The van der Waals surface area contributed by atoms with Gasteiger partial charge in [0.1, 0.15) is 12.1 Å². The fourth-order valence-electron chi connectivity index (χ4n) is 3.75. The van der Waals surface area contributed by atoms with Crippen molar-refractivity contribution in [3.05, 3.63) is 0 Å². The molecule has 14 nitrogen and oxygen atoms in total. The highest BCUT2D eigenvalue weighted by atomic mass is 16.4. The summed E-state index contributed by atoms with van der Waals surface area (Å²) in [7, 11) is 0. The molecule has 14 heteroatoms. The Bertz CT molecular complexity index is 783. The Kier molecular flexibility index (Phi) is 18.1. The first-order chi connectivity index (χ1) is 18.7. The van der Waals surface area contributed by atoms with Crippen LogP contribution in [0.3, 0.4) is 0 Å². The summed E-state index contributed by atoms with van der Waals surface area (Å²) < 4.78 is 0. The molecule has 0 radical (unpaired) electrons. The molecule has 4 amide bonds. The fourth-order valence-corrected chi connectivity index (χ4v) is 3.75. The van der Waals surface area contributed by atoms with Crippen LogP contribution in [0.2, 0.25) is 0 Å². The van der Waals surface area contributed by atoms with Crippen LogP contribution in [0.25, 0.3) is 0 Å². The Morgan fingerprint density at radius 2 is 0.850 bits per heavy atom. The van der Waals surface area contributed by atoms with Crippen LogP contribution >= 0.6 is 0 Å². The molecular formula is C26H48N6O8. The van der Waals surface area contributed by atoms with Crippen molar-refractivity contribution in [2.75, 3.05) is 13.1 Å². The molecule has 0 aromatic heterocycles. The minimum atomic E-state index is -1.23. The minimum Gasteiger partial charge on any atom is -0.481 e. The summed E-state index contributed by atoms with van der Waals surface area (Å²) in [4.78, 5) is 70.6. The molecule has 230 valence electrons. The van der Waals surface area contributed by atoms with Gasteiger partial charge < -0.3 is 42.9 Å². The van der Waals surface area contributed by atoms with E-state index in [1.807, 2.05) is 0 Å². The third kappa shape index (κ3) is 16.0. The lowest BCUT2D eigenvalue weighted by atomic mass is 10.0. The van der Waals surface area contributed by atoms with E-state index in [0.717, 1.165) is 38.5 Å². The van der Waals surface area contributed by atoms with Gasteiger partial charge in [-0.25, -0.2) is 0 Å². The van der Waals surface area contributed by atoms with Gasteiger partial charge in [0.25, 0.3) is 0 Å². The van der Waals surface area contributed by atoms with Gasteiger partial charge in [-0.2, -0.15) is 0 Å². The van der Waals surface area contributed by atoms with E-state index in [9.17, 15) is 28.8 Å². The van der Waals surface area contributed by atoms with Crippen LogP contribution in [0.1, 0.15) is 79.1 Å². The molecule has 0 rings (SSSR count). The van der Waals surface area contributed by atoms with E-state index in [4.69, 9.17) is 21.7 Å². The van der Waals surface area contributed by atoms with Crippen molar-refractivity contribution in [2.45, 2.75) is 103 Å². The van der Waals surface area contributed by atoms with Gasteiger partial charge in [-0.05, 0) is 24.7 Å². The molecule has 4 atom stereocenters. The largest absolute Gasteiger partial charge is 0.481 e. The first-order valence-corrected chi connectivity index (χ1v) is 13.8. The van der Waals surface area contributed by atoms with E-state index in [1.165, 1.54) is 0 Å². The molecule has 0 aromatic carbocycles. The molecule has 10 N–H and O–H groups in total. The smallest absolute Gasteiger partial charge is 0.305 e. The minimum absolute atomic E-state index is 0.205. The number of hydrogen-bond acceptors (Lipinski definition) is 8. The summed E-state index contributed by atoms with van der Waals surface area (Å²) in [5.41, 5.74) is 11.1. The van der Waals surface area contributed by atoms with Crippen molar-refractivity contribution in [3.63, 3.8) is 0 Å². The van der Waals surface area contributed by atoms with Crippen molar-refractivity contribution in [1.29, 1.82) is 0 Å². The number of carbonyl (C=O) groups is 6. The average Bonchev–Trinajstić information content (AvgIpc) is 2.84. The second kappa shape index (κ2) is 19.7. The molecule has 0 aliphatic carbocycles. The van der Waals surface area contributed by atoms with Gasteiger partial charge in [-0.15, -0.1) is 0 Å². The highest BCUT2D eigenvalue weighted by Crippen LogP contribution is 2.07. The second-order valence-corrected chi connectivity index (χ2v) is 10.6. The number of rotatable bonds is 21. The molecule has 0 aliphatic heterocycles. The van der Waals surface area contributed by atoms with Gasteiger partial charge in [0.15, 0.2) is 0 Å². The zero-order valence-electron chi connectivity index (χ0n) is 24.0. The molecule has 0 heterocycles. The molecule has 0 aromatic rings. The number of carboxylic acid groups (broad SMARTS) is 2.